The van der Waals surface area contributed by atoms with Crippen molar-refractivity contribution in [3.8, 4) is 0 Å². The zero-order chi connectivity index (χ0) is 17.5. The molecule has 0 aliphatic heterocycles. The second-order valence-electron chi connectivity index (χ2n) is 5.89. The highest BCUT2D eigenvalue weighted by Gasteiger charge is 2.13. The summed E-state index contributed by atoms with van der Waals surface area (Å²) in [7, 11) is 2.00. The first-order valence-electron chi connectivity index (χ1n) is 7.84. The molecule has 2 rings (SSSR count). The minimum atomic E-state index is -0.107. The van der Waals surface area contributed by atoms with Crippen LogP contribution in [0.4, 0.5) is 0 Å². The number of thioether (sulfide) groups is 1. The van der Waals surface area contributed by atoms with Crippen molar-refractivity contribution in [1.29, 1.82) is 0 Å². The molecule has 1 N–H and O–H groups in total. The lowest BCUT2D eigenvalue weighted by molar-refractivity contribution is -0.122. The second kappa shape index (κ2) is 8.79. The molecule has 0 atom stereocenters. The van der Waals surface area contributed by atoms with Gasteiger partial charge in [-0.15, -0.1) is 16.9 Å². The third-order valence-corrected chi connectivity index (χ3v) is 4.56. The number of aromatic nitrogens is 4. The van der Waals surface area contributed by atoms with Crippen LogP contribution < -0.4 is 5.32 Å². The number of benzene rings is 1. The predicted octanol–water partition coefficient (Wildman–Crippen LogP) is 1.55. The molecular formula is C16H24N6OS. The quantitative estimate of drug-likeness (QED) is 0.730. The molecule has 0 aliphatic rings. The van der Waals surface area contributed by atoms with E-state index in [2.05, 4.69) is 39.6 Å². The molecule has 2 aromatic rings. The fourth-order valence-corrected chi connectivity index (χ4v) is 2.41. The molecule has 0 unspecified atom stereocenters. The van der Waals surface area contributed by atoms with E-state index in [4.69, 9.17) is 0 Å². The van der Waals surface area contributed by atoms with Crippen LogP contribution in [0.1, 0.15) is 25.2 Å². The first kappa shape index (κ1) is 18.4. The topological polar surface area (TPSA) is 75.9 Å². The van der Waals surface area contributed by atoms with Gasteiger partial charge in [-0.25, -0.2) is 4.68 Å². The monoisotopic (exact) mass is 348 g/mol. The highest BCUT2D eigenvalue weighted by Crippen LogP contribution is 2.14. The molecule has 1 heterocycles. The van der Waals surface area contributed by atoms with Gasteiger partial charge in [0.15, 0.2) is 5.82 Å². The minimum absolute atomic E-state index is 0.107. The third kappa shape index (κ3) is 5.31. The van der Waals surface area contributed by atoms with E-state index in [0.29, 0.717) is 25.0 Å². The highest BCUT2D eigenvalue weighted by atomic mass is 32.2. The maximum absolute atomic E-state index is 12.1. The van der Waals surface area contributed by atoms with Gasteiger partial charge in [-0.3, -0.25) is 9.69 Å². The van der Waals surface area contributed by atoms with Crippen molar-refractivity contribution in [3.63, 3.8) is 0 Å². The van der Waals surface area contributed by atoms with Gasteiger partial charge < -0.3 is 5.32 Å². The number of tetrazole rings is 1. The number of carbonyl (C=O) groups is 1. The fraction of sp³-hybridized carbons (Fsp3) is 0.500. The number of hydrogen-bond donors (Lipinski definition) is 1. The largest absolute Gasteiger partial charge is 0.350 e. The molecule has 0 bridgehead atoms. The molecule has 1 aromatic heterocycles. The average molecular weight is 348 g/mol. The van der Waals surface area contributed by atoms with Crippen LogP contribution in [0, 0.1) is 0 Å². The van der Waals surface area contributed by atoms with E-state index in [1.54, 1.807) is 16.4 Å². The average Bonchev–Trinajstić information content (AvgIpc) is 3.00. The van der Waals surface area contributed by atoms with Gasteiger partial charge in [0, 0.05) is 17.5 Å². The highest BCUT2D eigenvalue weighted by molar-refractivity contribution is 7.98. The van der Waals surface area contributed by atoms with Crippen LogP contribution >= 0.6 is 11.8 Å². The Balaban J connectivity index is 1.87. The van der Waals surface area contributed by atoms with E-state index < -0.39 is 0 Å². The van der Waals surface area contributed by atoms with E-state index in [1.165, 1.54) is 4.90 Å². The zero-order valence-electron chi connectivity index (χ0n) is 14.6. The molecule has 7 nitrogen and oxygen atoms in total. The Morgan fingerprint density at radius 2 is 2.04 bits per heavy atom. The zero-order valence-corrected chi connectivity index (χ0v) is 15.4. The van der Waals surface area contributed by atoms with E-state index in [9.17, 15) is 4.79 Å². The first-order valence-corrected chi connectivity index (χ1v) is 9.07. The van der Waals surface area contributed by atoms with Crippen LogP contribution in [0.2, 0.25) is 0 Å². The number of rotatable bonds is 8. The smallest absolute Gasteiger partial charge is 0.242 e. The lowest BCUT2D eigenvalue weighted by atomic mass is 10.2. The van der Waals surface area contributed by atoms with Crippen molar-refractivity contribution in [2.24, 2.45) is 0 Å². The molecule has 0 saturated heterocycles. The van der Waals surface area contributed by atoms with Crippen molar-refractivity contribution >= 4 is 17.7 Å². The Bertz CT molecular complexity index is 655. The van der Waals surface area contributed by atoms with Gasteiger partial charge in [0.25, 0.3) is 0 Å². The molecule has 1 amide bonds. The summed E-state index contributed by atoms with van der Waals surface area (Å²) >= 11 is 1.70. The molecule has 0 spiro atoms. The SMILES string of the molecule is CSc1ccc(CNC(=O)Cn2nnnc2CN(C)C(C)C)cc1. The Labute approximate surface area is 146 Å². The number of carbonyl (C=O) groups excluding carboxylic acids is 1. The van der Waals surface area contributed by atoms with Crippen LogP contribution in [-0.2, 0) is 24.4 Å². The number of nitrogens with zero attached hydrogens (tertiary/aromatic N) is 5. The molecular weight excluding hydrogens is 324 g/mol. The predicted molar refractivity (Wildman–Crippen MR) is 94.5 cm³/mol. The van der Waals surface area contributed by atoms with Gasteiger partial charge >= 0.3 is 0 Å². The Kier molecular flexibility index (Phi) is 6.74. The molecule has 1 aromatic carbocycles. The van der Waals surface area contributed by atoms with E-state index in [0.717, 1.165) is 5.56 Å². The van der Waals surface area contributed by atoms with Gasteiger partial charge in [-0.1, -0.05) is 12.1 Å². The maximum Gasteiger partial charge on any atom is 0.242 e. The van der Waals surface area contributed by atoms with Gasteiger partial charge in [-0.05, 0) is 55.3 Å². The molecule has 8 heteroatoms. The normalized spacial score (nSPS) is 11.2. The summed E-state index contributed by atoms with van der Waals surface area (Å²) in [6, 6.07) is 8.52. The Morgan fingerprint density at radius 3 is 2.67 bits per heavy atom. The van der Waals surface area contributed by atoms with Crippen LogP contribution in [0.3, 0.4) is 0 Å². The lowest BCUT2D eigenvalue weighted by Crippen LogP contribution is -2.31. The summed E-state index contributed by atoms with van der Waals surface area (Å²) in [6.45, 7) is 5.43. The fourth-order valence-electron chi connectivity index (χ4n) is 2.00. The van der Waals surface area contributed by atoms with Gasteiger partial charge in [0.1, 0.15) is 6.54 Å². The second-order valence-corrected chi connectivity index (χ2v) is 6.77. The number of amides is 1. The minimum Gasteiger partial charge on any atom is -0.350 e. The lowest BCUT2D eigenvalue weighted by Gasteiger charge is -2.19. The van der Waals surface area contributed by atoms with E-state index in [1.807, 2.05) is 37.6 Å². The summed E-state index contributed by atoms with van der Waals surface area (Å²) < 4.78 is 1.55. The summed E-state index contributed by atoms with van der Waals surface area (Å²) in [5, 5.41) is 14.5. The summed E-state index contributed by atoms with van der Waals surface area (Å²) in [5.41, 5.74) is 1.07. The van der Waals surface area contributed by atoms with Gasteiger partial charge in [0.05, 0.1) is 6.54 Å². The van der Waals surface area contributed by atoms with Crippen LogP contribution in [-0.4, -0.2) is 50.4 Å². The standard InChI is InChI=1S/C16H24N6OS/c1-12(2)21(3)10-15-18-19-20-22(15)11-16(23)17-9-13-5-7-14(24-4)8-6-13/h5-8,12H,9-11H2,1-4H3,(H,17,23). The third-order valence-electron chi connectivity index (χ3n) is 3.82. The van der Waals surface area contributed by atoms with Crippen molar-refractivity contribution in [1.82, 2.24) is 30.4 Å². The molecule has 0 fully saturated rings. The Hall–Kier alpha value is -1.93. The summed E-state index contributed by atoms with van der Waals surface area (Å²) in [4.78, 5) is 15.5. The van der Waals surface area contributed by atoms with Crippen molar-refractivity contribution in [3.05, 3.63) is 35.7 Å². The maximum atomic E-state index is 12.1. The Morgan fingerprint density at radius 1 is 1.33 bits per heavy atom. The van der Waals surface area contributed by atoms with Crippen molar-refractivity contribution in [2.45, 2.75) is 44.4 Å². The first-order chi connectivity index (χ1) is 11.5. The molecule has 0 radical (unpaired) electrons. The summed E-state index contributed by atoms with van der Waals surface area (Å²) in [5.74, 6) is 0.579. The van der Waals surface area contributed by atoms with E-state index >= 15 is 0 Å². The van der Waals surface area contributed by atoms with E-state index in [-0.39, 0.29) is 12.5 Å². The van der Waals surface area contributed by atoms with Crippen LogP contribution in [0.25, 0.3) is 0 Å². The van der Waals surface area contributed by atoms with Gasteiger partial charge in [0.2, 0.25) is 5.91 Å². The van der Waals surface area contributed by atoms with Crippen LogP contribution in [0.5, 0.6) is 0 Å². The molecule has 24 heavy (non-hydrogen) atoms. The molecule has 130 valence electrons. The van der Waals surface area contributed by atoms with Crippen molar-refractivity contribution < 1.29 is 4.79 Å². The molecule has 0 saturated carbocycles. The number of nitrogens with one attached hydrogen (secondary N) is 1. The number of hydrogen-bond acceptors (Lipinski definition) is 6. The van der Waals surface area contributed by atoms with Crippen LogP contribution in [0.15, 0.2) is 29.2 Å². The summed E-state index contributed by atoms with van der Waals surface area (Å²) in [6.07, 6.45) is 2.04. The molecule has 0 aliphatic carbocycles. The van der Waals surface area contributed by atoms with Gasteiger partial charge in [-0.2, -0.15) is 0 Å². The van der Waals surface area contributed by atoms with Crippen molar-refractivity contribution in [2.75, 3.05) is 13.3 Å².